The standard InChI is InChI=1S/C15H11F5N4/c16-10-3-1-4-11(17)12(10)13(15(18,19)20)22-7-9-8-24-6-2-5-21-14(24)23-9/h1-6,8,13,22H,7H2. The lowest BCUT2D eigenvalue weighted by Crippen LogP contribution is -2.35. The Morgan fingerprint density at radius 3 is 2.46 bits per heavy atom. The molecule has 3 rings (SSSR count). The molecule has 126 valence electrons. The molecule has 1 N–H and O–H groups in total. The van der Waals surface area contributed by atoms with Crippen LogP contribution in [-0.2, 0) is 6.54 Å². The fourth-order valence-corrected chi connectivity index (χ4v) is 2.34. The Morgan fingerprint density at radius 1 is 1.12 bits per heavy atom. The smallest absolute Gasteiger partial charge is 0.297 e. The van der Waals surface area contributed by atoms with Gasteiger partial charge in [-0.25, -0.2) is 18.7 Å². The Labute approximate surface area is 133 Å². The minimum Gasteiger partial charge on any atom is -0.297 e. The van der Waals surface area contributed by atoms with Gasteiger partial charge in [0.2, 0.25) is 5.78 Å². The van der Waals surface area contributed by atoms with Crippen molar-refractivity contribution >= 4 is 5.78 Å². The van der Waals surface area contributed by atoms with Gasteiger partial charge in [-0.3, -0.25) is 9.72 Å². The molecule has 0 fully saturated rings. The summed E-state index contributed by atoms with van der Waals surface area (Å²) in [5.74, 6) is -2.21. The van der Waals surface area contributed by atoms with E-state index >= 15 is 0 Å². The number of rotatable bonds is 4. The summed E-state index contributed by atoms with van der Waals surface area (Å²) in [6.07, 6.45) is -0.260. The number of fused-ring (bicyclic) bond motifs is 1. The van der Waals surface area contributed by atoms with Gasteiger partial charge >= 0.3 is 6.18 Å². The predicted molar refractivity (Wildman–Crippen MR) is 75.0 cm³/mol. The highest BCUT2D eigenvalue weighted by atomic mass is 19.4. The summed E-state index contributed by atoms with van der Waals surface area (Å²) < 4.78 is 68.7. The van der Waals surface area contributed by atoms with Crippen molar-refractivity contribution in [2.24, 2.45) is 0 Å². The van der Waals surface area contributed by atoms with E-state index in [4.69, 9.17) is 0 Å². The summed E-state index contributed by atoms with van der Waals surface area (Å²) in [6, 6.07) is 1.73. The van der Waals surface area contributed by atoms with Gasteiger partial charge in [0.25, 0.3) is 0 Å². The first-order valence-electron chi connectivity index (χ1n) is 6.89. The topological polar surface area (TPSA) is 42.2 Å². The van der Waals surface area contributed by atoms with Crippen LogP contribution < -0.4 is 5.32 Å². The molecule has 1 aromatic carbocycles. The zero-order valence-corrected chi connectivity index (χ0v) is 12.1. The lowest BCUT2D eigenvalue weighted by atomic mass is 10.0. The minimum absolute atomic E-state index is 0.264. The summed E-state index contributed by atoms with van der Waals surface area (Å²) in [7, 11) is 0. The van der Waals surface area contributed by atoms with Crippen LogP contribution in [0.4, 0.5) is 22.0 Å². The van der Waals surface area contributed by atoms with E-state index in [1.54, 1.807) is 12.3 Å². The molecule has 0 aliphatic carbocycles. The second kappa shape index (κ2) is 6.16. The molecule has 0 saturated carbocycles. The number of benzene rings is 1. The molecular formula is C15H11F5N4. The fourth-order valence-electron chi connectivity index (χ4n) is 2.34. The van der Waals surface area contributed by atoms with Gasteiger partial charge in [-0.05, 0) is 18.2 Å². The minimum atomic E-state index is -4.87. The van der Waals surface area contributed by atoms with Crippen LogP contribution in [0.15, 0.2) is 42.9 Å². The third-order valence-electron chi connectivity index (χ3n) is 3.39. The van der Waals surface area contributed by atoms with Crippen molar-refractivity contribution in [2.75, 3.05) is 0 Å². The quantitative estimate of drug-likeness (QED) is 0.739. The Bertz CT molecular complexity index is 805. The third kappa shape index (κ3) is 3.21. The molecule has 9 heteroatoms. The molecule has 0 radical (unpaired) electrons. The van der Waals surface area contributed by atoms with Crippen LogP contribution in [0.2, 0.25) is 0 Å². The summed E-state index contributed by atoms with van der Waals surface area (Å²) in [6.45, 7) is -0.332. The fraction of sp³-hybridized carbons (Fsp3) is 0.200. The number of nitrogens with zero attached hydrogens (tertiary/aromatic N) is 3. The van der Waals surface area contributed by atoms with Crippen molar-refractivity contribution in [3.05, 3.63) is 65.7 Å². The number of imidazole rings is 1. The lowest BCUT2D eigenvalue weighted by Gasteiger charge is -2.22. The monoisotopic (exact) mass is 342 g/mol. The van der Waals surface area contributed by atoms with E-state index in [9.17, 15) is 22.0 Å². The van der Waals surface area contributed by atoms with E-state index in [1.807, 2.05) is 0 Å². The molecule has 0 aliphatic heterocycles. The molecule has 1 atom stereocenters. The van der Waals surface area contributed by atoms with Gasteiger partial charge in [-0.1, -0.05) is 6.07 Å². The molecule has 0 spiro atoms. The number of hydrogen-bond acceptors (Lipinski definition) is 3. The Morgan fingerprint density at radius 2 is 1.83 bits per heavy atom. The average Bonchev–Trinajstić information content (AvgIpc) is 2.91. The highest BCUT2D eigenvalue weighted by Gasteiger charge is 2.43. The van der Waals surface area contributed by atoms with Crippen LogP contribution in [0, 0.1) is 11.6 Å². The van der Waals surface area contributed by atoms with Crippen molar-refractivity contribution in [3.63, 3.8) is 0 Å². The Balaban J connectivity index is 1.88. The highest BCUT2D eigenvalue weighted by molar-refractivity contribution is 5.30. The second-order valence-electron chi connectivity index (χ2n) is 5.05. The molecule has 3 aromatic rings. The van der Waals surface area contributed by atoms with E-state index in [0.29, 0.717) is 5.78 Å². The molecule has 0 amide bonds. The number of halogens is 5. The van der Waals surface area contributed by atoms with Crippen LogP contribution in [-0.4, -0.2) is 20.5 Å². The molecule has 0 aliphatic rings. The van der Waals surface area contributed by atoms with E-state index < -0.39 is 29.4 Å². The van der Waals surface area contributed by atoms with E-state index in [2.05, 4.69) is 15.3 Å². The SMILES string of the molecule is Fc1cccc(F)c1C(NCc1cn2cccnc2n1)C(F)(F)F. The van der Waals surface area contributed by atoms with Gasteiger partial charge in [-0.2, -0.15) is 13.2 Å². The Kier molecular flexibility index (Phi) is 4.18. The van der Waals surface area contributed by atoms with E-state index in [1.165, 1.54) is 16.8 Å². The van der Waals surface area contributed by atoms with Crippen molar-refractivity contribution in [1.29, 1.82) is 0 Å². The van der Waals surface area contributed by atoms with Gasteiger partial charge < -0.3 is 0 Å². The van der Waals surface area contributed by atoms with Crippen molar-refractivity contribution in [3.8, 4) is 0 Å². The van der Waals surface area contributed by atoms with Gasteiger partial charge in [0.1, 0.15) is 17.7 Å². The van der Waals surface area contributed by atoms with Crippen LogP contribution in [0.25, 0.3) is 5.78 Å². The Hall–Kier alpha value is -2.55. The van der Waals surface area contributed by atoms with Crippen LogP contribution in [0.3, 0.4) is 0 Å². The van der Waals surface area contributed by atoms with Gasteiger partial charge in [0, 0.05) is 30.7 Å². The number of alkyl halides is 3. The maximum absolute atomic E-state index is 13.7. The first-order chi connectivity index (χ1) is 11.4. The molecular weight excluding hydrogens is 331 g/mol. The number of hydrogen-bond donors (Lipinski definition) is 1. The predicted octanol–water partition coefficient (Wildman–Crippen LogP) is 3.40. The van der Waals surface area contributed by atoms with Crippen molar-refractivity contribution in [2.45, 2.75) is 18.8 Å². The van der Waals surface area contributed by atoms with Gasteiger partial charge in [0.15, 0.2) is 0 Å². The molecule has 2 aromatic heterocycles. The highest BCUT2D eigenvalue weighted by Crippen LogP contribution is 2.35. The largest absolute Gasteiger partial charge is 0.408 e. The van der Waals surface area contributed by atoms with E-state index in [-0.39, 0.29) is 12.2 Å². The molecule has 0 saturated heterocycles. The van der Waals surface area contributed by atoms with Gasteiger partial charge in [-0.15, -0.1) is 0 Å². The number of aromatic nitrogens is 3. The van der Waals surface area contributed by atoms with Crippen molar-refractivity contribution in [1.82, 2.24) is 19.7 Å². The normalized spacial score (nSPS) is 13.4. The lowest BCUT2D eigenvalue weighted by molar-refractivity contribution is -0.159. The molecule has 24 heavy (non-hydrogen) atoms. The maximum atomic E-state index is 13.7. The third-order valence-corrected chi connectivity index (χ3v) is 3.39. The van der Waals surface area contributed by atoms with Gasteiger partial charge in [0.05, 0.1) is 5.69 Å². The zero-order chi connectivity index (χ0) is 17.3. The molecule has 2 heterocycles. The summed E-state index contributed by atoms with van der Waals surface area (Å²) in [5.41, 5.74) is -0.799. The van der Waals surface area contributed by atoms with Crippen LogP contribution in [0.1, 0.15) is 17.3 Å². The summed E-state index contributed by atoms with van der Waals surface area (Å²) in [5, 5.41) is 2.13. The molecule has 0 bridgehead atoms. The summed E-state index contributed by atoms with van der Waals surface area (Å²) >= 11 is 0. The zero-order valence-electron chi connectivity index (χ0n) is 12.1. The second-order valence-corrected chi connectivity index (χ2v) is 5.05. The maximum Gasteiger partial charge on any atom is 0.408 e. The average molecular weight is 342 g/mol. The first-order valence-corrected chi connectivity index (χ1v) is 6.89. The first kappa shape index (κ1) is 16.3. The summed E-state index contributed by atoms with van der Waals surface area (Å²) in [4.78, 5) is 7.99. The molecule has 4 nitrogen and oxygen atoms in total. The van der Waals surface area contributed by atoms with E-state index in [0.717, 1.165) is 18.2 Å². The van der Waals surface area contributed by atoms with Crippen LogP contribution >= 0.6 is 0 Å². The number of nitrogens with one attached hydrogen (secondary N) is 1. The molecule has 1 unspecified atom stereocenters. The van der Waals surface area contributed by atoms with Crippen LogP contribution in [0.5, 0.6) is 0 Å². The van der Waals surface area contributed by atoms with Crippen molar-refractivity contribution < 1.29 is 22.0 Å².